The van der Waals surface area contributed by atoms with Crippen LogP contribution in [-0.2, 0) is 10.0 Å². The smallest absolute Gasteiger partial charge is 0.232 e. The molecule has 0 spiro atoms. The number of unbranched alkanes of at least 4 members (excludes halogenated alkanes) is 1. The van der Waals surface area contributed by atoms with E-state index in [2.05, 4.69) is 10.0 Å². The van der Waals surface area contributed by atoms with E-state index >= 15 is 0 Å². The molecule has 1 aliphatic heterocycles. The molecule has 1 aromatic carbocycles. The summed E-state index contributed by atoms with van der Waals surface area (Å²) in [5.74, 6) is 1.32. The van der Waals surface area contributed by atoms with Gasteiger partial charge in [-0.25, -0.2) is 8.42 Å². The number of fused-ring (bicyclic) bond motifs is 1. The number of nitrogens with one attached hydrogen (secondary N) is 2. The maximum atomic E-state index is 11.9. The van der Waals surface area contributed by atoms with Gasteiger partial charge in [0.15, 0.2) is 11.5 Å². The lowest BCUT2D eigenvalue weighted by Gasteiger charge is -2.08. The lowest BCUT2D eigenvalue weighted by molar-refractivity contribution is 0.174. The van der Waals surface area contributed by atoms with Crippen LogP contribution in [0, 0.1) is 0 Å². The van der Waals surface area contributed by atoms with Crippen LogP contribution in [-0.4, -0.2) is 34.1 Å². The summed E-state index contributed by atoms with van der Waals surface area (Å²) in [6.45, 7) is 3.95. The van der Waals surface area contributed by atoms with Crippen LogP contribution >= 0.6 is 0 Å². The van der Waals surface area contributed by atoms with Gasteiger partial charge in [-0.15, -0.1) is 0 Å². The zero-order valence-corrected chi connectivity index (χ0v) is 12.3. The first-order valence-corrected chi connectivity index (χ1v) is 8.37. The van der Waals surface area contributed by atoms with Gasteiger partial charge in [0.2, 0.25) is 16.8 Å². The van der Waals surface area contributed by atoms with Crippen molar-refractivity contribution in [2.45, 2.75) is 19.8 Å². The van der Waals surface area contributed by atoms with Crippen molar-refractivity contribution in [3.63, 3.8) is 0 Å². The molecule has 7 heteroatoms. The molecule has 0 aromatic heterocycles. The van der Waals surface area contributed by atoms with Gasteiger partial charge >= 0.3 is 0 Å². The van der Waals surface area contributed by atoms with Gasteiger partial charge in [-0.05, 0) is 38.1 Å². The Hall–Kier alpha value is -1.47. The monoisotopic (exact) mass is 300 g/mol. The maximum absolute atomic E-state index is 11.9. The molecule has 0 amide bonds. The molecular formula is C13H20N2O4S. The van der Waals surface area contributed by atoms with Crippen LogP contribution < -0.4 is 19.5 Å². The van der Waals surface area contributed by atoms with Gasteiger partial charge in [-0.1, -0.05) is 6.92 Å². The average Bonchev–Trinajstić information content (AvgIpc) is 2.85. The van der Waals surface area contributed by atoms with E-state index in [1.807, 2.05) is 6.92 Å². The summed E-state index contributed by atoms with van der Waals surface area (Å²) in [5, 5.41) is 3.17. The molecule has 1 heterocycles. The van der Waals surface area contributed by atoms with Gasteiger partial charge in [-0.3, -0.25) is 4.72 Å². The molecule has 20 heavy (non-hydrogen) atoms. The summed E-state index contributed by atoms with van der Waals surface area (Å²) in [4.78, 5) is 0. The Labute approximate surface area is 119 Å². The highest BCUT2D eigenvalue weighted by Gasteiger charge is 2.16. The summed E-state index contributed by atoms with van der Waals surface area (Å²) in [7, 11) is -3.31. The number of sulfonamides is 1. The normalized spacial score (nSPS) is 13.4. The molecule has 1 aromatic rings. The van der Waals surface area contributed by atoms with Crippen LogP contribution in [0.2, 0.25) is 0 Å². The maximum Gasteiger partial charge on any atom is 0.232 e. The number of ether oxygens (including phenoxy) is 2. The molecule has 1 aliphatic rings. The molecule has 0 aliphatic carbocycles. The molecule has 0 atom stereocenters. The minimum atomic E-state index is -3.31. The predicted molar refractivity (Wildman–Crippen MR) is 77.8 cm³/mol. The quantitative estimate of drug-likeness (QED) is 0.712. The van der Waals surface area contributed by atoms with Gasteiger partial charge in [0.1, 0.15) is 0 Å². The molecule has 2 rings (SSSR count). The van der Waals surface area contributed by atoms with Gasteiger partial charge in [0.05, 0.1) is 11.4 Å². The molecule has 0 saturated heterocycles. The Morgan fingerprint density at radius 1 is 1.20 bits per heavy atom. The second-order valence-corrected chi connectivity index (χ2v) is 6.39. The summed E-state index contributed by atoms with van der Waals surface area (Å²) in [6, 6.07) is 5.01. The van der Waals surface area contributed by atoms with Gasteiger partial charge in [-0.2, -0.15) is 0 Å². The summed E-state index contributed by atoms with van der Waals surface area (Å²) in [5.41, 5.74) is 0.501. The lowest BCUT2D eigenvalue weighted by Crippen LogP contribution is -2.19. The topological polar surface area (TPSA) is 76.7 Å². The fraction of sp³-hybridized carbons (Fsp3) is 0.538. The fourth-order valence-electron chi connectivity index (χ4n) is 1.91. The largest absolute Gasteiger partial charge is 0.454 e. The first kappa shape index (κ1) is 14.9. The number of anilines is 1. The third-order valence-electron chi connectivity index (χ3n) is 2.91. The Morgan fingerprint density at radius 3 is 2.80 bits per heavy atom. The van der Waals surface area contributed by atoms with Gasteiger partial charge < -0.3 is 14.8 Å². The highest BCUT2D eigenvalue weighted by molar-refractivity contribution is 7.92. The average molecular weight is 300 g/mol. The third kappa shape index (κ3) is 4.28. The van der Waals surface area contributed by atoms with Crippen LogP contribution in [0.5, 0.6) is 11.5 Å². The summed E-state index contributed by atoms with van der Waals surface area (Å²) >= 11 is 0. The van der Waals surface area contributed by atoms with E-state index in [4.69, 9.17) is 9.47 Å². The van der Waals surface area contributed by atoms with Crippen LogP contribution in [0.4, 0.5) is 5.69 Å². The van der Waals surface area contributed by atoms with Crippen molar-refractivity contribution in [2.24, 2.45) is 0 Å². The van der Waals surface area contributed by atoms with Crippen LogP contribution in [0.3, 0.4) is 0 Å². The number of benzene rings is 1. The standard InChI is InChI=1S/C13H20N2O4S/c1-2-14-7-3-4-8-20(16,17)15-11-5-6-12-13(9-11)19-10-18-12/h5-6,9,14-15H,2-4,7-8,10H2,1H3. The second kappa shape index (κ2) is 6.81. The molecular weight excluding hydrogens is 280 g/mol. The zero-order chi connectivity index (χ0) is 14.4. The first-order valence-electron chi connectivity index (χ1n) is 6.71. The molecule has 0 unspecified atom stereocenters. The minimum absolute atomic E-state index is 0.118. The van der Waals surface area contributed by atoms with Crippen molar-refractivity contribution >= 4 is 15.7 Å². The molecule has 6 nitrogen and oxygen atoms in total. The Kier molecular flexibility index (Phi) is 5.08. The molecule has 0 saturated carbocycles. The molecule has 2 N–H and O–H groups in total. The van der Waals surface area contributed by atoms with Crippen molar-refractivity contribution in [1.29, 1.82) is 0 Å². The van der Waals surface area contributed by atoms with Crippen molar-refractivity contribution in [2.75, 3.05) is 30.4 Å². The Bertz CT molecular complexity index is 545. The van der Waals surface area contributed by atoms with Gasteiger partial charge in [0.25, 0.3) is 0 Å². The number of hydrogen-bond acceptors (Lipinski definition) is 5. The van der Waals surface area contributed by atoms with E-state index in [0.29, 0.717) is 23.6 Å². The van der Waals surface area contributed by atoms with Gasteiger partial charge in [0, 0.05) is 6.07 Å². The van der Waals surface area contributed by atoms with Crippen molar-refractivity contribution < 1.29 is 17.9 Å². The number of hydrogen-bond donors (Lipinski definition) is 2. The minimum Gasteiger partial charge on any atom is -0.454 e. The van der Waals surface area contributed by atoms with Crippen LogP contribution in [0.1, 0.15) is 19.8 Å². The Balaban J connectivity index is 1.85. The highest BCUT2D eigenvalue weighted by Crippen LogP contribution is 2.34. The van der Waals surface area contributed by atoms with E-state index in [1.54, 1.807) is 18.2 Å². The summed E-state index contributed by atoms with van der Waals surface area (Å²) in [6.07, 6.45) is 1.47. The van der Waals surface area contributed by atoms with Crippen molar-refractivity contribution in [3.05, 3.63) is 18.2 Å². The fourth-order valence-corrected chi connectivity index (χ4v) is 3.08. The molecule has 112 valence electrons. The predicted octanol–water partition coefficient (Wildman–Crippen LogP) is 1.55. The van der Waals surface area contributed by atoms with Crippen LogP contribution in [0.15, 0.2) is 18.2 Å². The molecule has 0 radical (unpaired) electrons. The molecule has 0 bridgehead atoms. The van der Waals surface area contributed by atoms with Crippen molar-refractivity contribution in [1.82, 2.24) is 5.32 Å². The molecule has 0 fully saturated rings. The number of rotatable bonds is 8. The van der Waals surface area contributed by atoms with E-state index in [9.17, 15) is 8.42 Å². The Morgan fingerprint density at radius 2 is 2.00 bits per heavy atom. The SMILES string of the molecule is CCNCCCCS(=O)(=O)Nc1ccc2c(c1)OCO2. The zero-order valence-electron chi connectivity index (χ0n) is 11.5. The second-order valence-electron chi connectivity index (χ2n) is 4.55. The van der Waals surface area contributed by atoms with E-state index in [0.717, 1.165) is 19.5 Å². The van der Waals surface area contributed by atoms with E-state index in [-0.39, 0.29) is 12.5 Å². The van der Waals surface area contributed by atoms with Crippen molar-refractivity contribution in [3.8, 4) is 11.5 Å². The third-order valence-corrected chi connectivity index (χ3v) is 4.29. The lowest BCUT2D eigenvalue weighted by atomic mass is 10.3. The van der Waals surface area contributed by atoms with Crippen LogP contribution in [0.25, 0.3) is 0 Å². The van der Waals surface area contributed by atoms with E-state index in [1.165, 1.54) is 0 Å². The summed E-state index contributed by atoms with van der Waals surface area (Å²) < 4.78 is 36.8. The van der Waals surface area contributed by atoms with E-state index < -0.39 is 10.0 Å². The first-order chi connectivity index (χ1) is 9.61. The highest BCUT2D eigenvalue weighted by atomic mass is 32.2.